The average Bonchev–Trinajstić information content (AvgIpc) is 1.78. The highest BCUT2D eigenvalue weighted by Crippen LogP contribution is 2.34. The zero-order valence-corrected chi connectivity index (χ0v) is 6.54. The fourth-order valence-electron chi connectivity index (χ4n) is 1.06. The molecule has 0 radical (unpaired) electrons. The first-order chi connectivity index (χ1) is 5.82. The molecule has 0 aliphatic carbocycles. The van der Waals surface area contributed by atoms with Crippen LogP contribution in [-0.2, 0) is 6.18 Å². The molecule has 0 aliphatic rings. The van der Waals surface area contributed by atoms with Crippen LogP contribution in [0.5, 0.6) is 0 Å². The minimum absolute atomic E-state index is 0.218. The molecular formula is C8H5F5. The van der Waals surface area contributed by atoms with Crippen LogP contribution in [0.3, 0.4) is 0 Å². The third kappa shape index (κ3) is 1.96. The summed E-state index contributed by atoms with van der Waals surface area (Å²) in [6, 6.07) is 0.863. The van der Waals surface area contributed by atoms with Crippen molar-refractivity contribution in [2.45, 2.75) is 13.1 Å². The predicted molar refractivity (Wildman–Crippen MR) is 36.1 cm³/mol. The fourth-order valence-corrected chi connectivity index (χ4v) is 1.06. The Labute approximate surface area is 71.0 Å². The Morgan fingerprint density at radius 3 is 2.00 bits per heavy atom. The summed E-state index contributed by atoms with van der Waals surface area (Å²) >= 11 is 0. The molecule has 0 bridgehead atoms. The van der Waals surface area contributed by atoms with Gasteiger partial charge in [-0.2, -0.15) is 13.2 Å². The molecule has 0 saturated carbocycles. The topological polar surface area (TPSA) is 0 Å². The fraction of sp³-hybridized carbons (Fsp3) is 0.250. The summed E-state index contributed by atoms with van der Waals surface area (Å²) in [4.78, 5) is 0. The molecule has 0 N–H and O–H groups in total. The van der Waals surface area contributed by atoms with Crippen molar-refractivity contribution in [3.8, 4) is 0 Å². The van der Waals surface area contributed by atoms with Gasteiger partial charge in [0.15, 0.2) is 0 Å². The van der Waals surface area contributed by atoms with Gasteiger partial charge in [-0.15, -0.1) is 0 Å². The van der Waals surface area contributed by atoms with Crippen LogP contribution in [0, 0.1) is 18.6 Å². The average molecular weight is 196 g/mol. The summed E-state index contributed by atoms with van der Waals surface area (Å²) in [5.41, 5.74) is -1.86. The van der Waals surface area contributed by atoms with Gasteiger partial charge in [-0.1, -0.05) is 0 Å². The van der Waals surface area contributed by atoms with E-state index in [9.17, 15) is 22.0 Å². The van der Waals surface area contributed by atoms with Crippen LogP contribution in [-0.4, -0.2) is 0 Å². The van der Waals surface area contributed by atoms with Gasteiger partial charge in [0.05, 0.1) is 5.56 Å². The van der Waals surface area contributed by atoms with Crippen molar-refractivity contribution in [1.29, 1.82) is 0 Å². The maximum absolute atomic E-state index is 12.6. The van der Waals surface area contributed by atoms with Crippen molar-refractivity contribution in [3.63, 3.8) is 0 Å². The third-order valence-corrected chi connectivity index (χ3v) is 1.54. The van der Waals surface area contributed by atoms with Crippen molar-refractivity contribution in [1.82, 2.24) is 0 Å². The molecule has 0 nitrogen and oxygen atoms in total. The van der Waals surface area contributed by atoms with Gasteiger partial charge < -0.3 is 0 Å². The molecule has 0 fully saturated rings. The molecule has 5 heteroatoms. The van der Waals surface area contributed by atoms with Crippen LogP contribution in [0.2, 0.25) is 0 Å². The molecule has 1 rings (SSSR count). The molecule has 13 heavy (non-hydrogen) atoms. The number of alkyl halides is 3. The molecule has 1 aromatic rings. The molecule has 0 aliphatic heterocycles. The monoisotopic (exact) mass is 196 g/mol. The summed E-state index contributed by atoms with van der Waals surface area (Å²) in [7, 11) is 0. The number of rotatable bonds is 0. The second-order valence-electron chi connectivity index (χ2n) is 2.58. The molecule has 0 aromatic heterocycles. The number of hydrogen-bond donors (Lipinski definition) is 0. The van der Waals surface area contributed by atoms with Crippen LogP contribution in [0.15, 0.2) is 12.1 Å². The lowest BCUT2D eigenvalue weighted by atomic mass is 10.1. The van der Waals surface area contributed by atoms with E-state index in [4.69, 9.17) is 0 Å². The second kappa shape index (κ2) is 2.97. The summed E-state index contributed by atoms with van der Waals surface area (Å²) in [6.07, 6.45) is -4.78. The largest absolute Gasteiger partial charge is 0.419 e. The van der Waals surface area contributed by atoms with E-state index < -0.39 is 28.9 Å². The quantitative estimate of drug-likeness (QED) is 0.558. The van der Waals surface area contributed by atoms with Gasteiger partial charge in [0.2, 0.25) is 0 Å². The van der Waals surface area contributed by atoms with Gasteiger partial charge in [0, 0.05) is 6.07 Å². The Kier molecular flexibility index (Phi) is 2.28. The van der Waals surface area contributed by atoms with E-state index in [0.717, 1.165) is 6.92 Å². The molecule has 0 spiro atoms. The van der Waals surface area contributed by atoms with Gasteiger partial charge in [0.25, 0.3) is 0 Å². The lowest BCUT2D eigenvalue weighted by Gasteiger charge is -2.10. The lowest BCUT2D eigenvalue weighted by molar-refractivity contribution is -0.140. The standard InChI is InChI=1S/C8H5F5/c1-4-2-5(9)3-6(10)7(4)8(11,12)13/h2-3H,1H3. The minimum atomic E-state index is -4.78. The van der Waals surface area contributed by atoms with Gasteiger partial charge in [-0.05, 0) is 18.6 Å². The molecule has 1 aromatic carbocycles. The zero-order valence-electron chi connectivity index (χ0n) is 6.54. The van der Waals surface area contributed by atoms with Crippen LogP contribution >= 0.6 is 0 Å². The molecule has 0 heterocycles. The van der Waals surface area contributed by atoms with Crippen LogP contribution < -0.4 is 0 Å². The van der Waals surface area contributed by atoms with E-state index in [2.05, 4.69) is 0 Å². The Bertz CT molecular complexity index is 303. The summed E-state index contributed by atoms with van der Waals surface area (Å²) in [5, 5.41) is 0. The Hall–Kier alpha value is -1.13. The zero-order chi connectivity index (χ0) is 10.2. The molecule has 0 amide bonds. The minimum Gasteiger partial charge on any atom is -0.207 e. The van der Waals surface area contributed by atoms with E-state index in [1.807, 2.05) is 0 Å². The number of halogens is 5. The number of benzene rings is 1. The van der Waals surface area contributed by atoms with Gasteiger partial charge in [-0.25, -0.2) is 8.78 Å². The van der Waals surface area contributed by atoms with E-state index >= 15 is 0 Å². The normalized spacial score (nSPS) is 11.8. The van der Waals surface area contributed by atoms with E-state index in [1.54, 1.807) is 0 Å². The molecule has 0 atom stereocenters. The highest BCUT2D eigenvalue weighted by atomic mass is 19.4. The Balaban J connectivity index is 3.38. The Morgan fingerprint density at radius 2 is 1.62 bits per heavy atom. The molecule has 72 valence electrons. The van der Waals surface area contributed by atoms with Gasteiger partial charge in [0.1, 0.15) is 11.6 Å². The van der Waals surface area contributed by atoms with Crippen LogP contribution in [0.4, 0.5) is 22.0 Å². The summed E-state index contributed by atoms with van der Waals surface area (Å²) in [6.45, 7) is 1.01. The van der Waals surface area contributed by atoms with E-state index in [-0.39, 0.29) is 6.07 Å². The third-order valence-electron chi connectivity index (χ3n) is 1.54. The SMILES string of the molecule is Cc1cc(F)cc(F)c1C(F)(F)F. The molecular weight excluding hydrogens is 191 g/mol. The maximum Gasteiger partial charge on any atom is 0.419 e. The Morgan fingerprint density at radius 1 is 1.08 bits per heavy atom. The molecule has 0 saturated heterocycles. The van der Waals surface area contributed by atoms with Crippen molar-refractivity contribution in [2.75, 3.05) is 0 Å². The van der Waals surface area contributed by atoms with Crippen LogP contribution in [0.1, 0.15) is 11.1 Å². The van der Waals surface area contributed by atoms with Gasteiger partial charge in [-0.3, -0.25) is 0 Å². The maximum atomic E-state index is 12.6. The lowest BCUT2D eigenvalue weighted by Crippen LogP contribution is -2.10. The smallest absolute Gasteiger partial charge is 0.207 e. The summed E-state index contributed by atoms with van der Waals surface area (Å²) < 4.78 is 61.3. The van der Waals surface area contributed by atoms with Crippen molar-refractivity contribution < 1.29 is 22.0 Å². The first kappa shape index (κ1) is 9.95. The first-order valence-electron chi connectivity index (χ1n) is 3.35. The number of hydrogen-bond acceptors (Lipinski definition) is 0. The van der Waals surface area contributed by atoms with Crippen molar-refractivity contribution >= 4 is 0 Å². The number of aryl methyl sites for hydroxylation is 1. The highest BCUT2D eigenvalue weighted by Gasteiger charge is 2.36. The summed E-state index contributed by atoms with van der Waals surface area (Å²) in [5.74, 6) is -2.59. The van der Waals surface area contributed by atoms with E-state index in [0.29, 0.717) is 6.07 Å². The van der Waals surface area contributed by atoms with Crippen molar-refractivity contribution in [3.05, 3.63) is 34.9 Å². The predicted octanol–water partition coefficient (Wildman–Crippen LogP) is 3.29. The van der Waals surface area contributed by atoms with Crippen LogP contribution in [0.25, 0.3) is 0 Å². The van der Waals surface area contributed by atoms with Gasteiger partial charge >= 0.3 is 6.18 Å². The molecule has 0 unspecified atom stereocenters. The van der Waals surface area contributed by atoms with E-state index in [1.165, 1.54) is 0 Å². The second-order valence-corrected chi connectivity index (χ2v) is 2.58. The van der Waals surface area contributed by atoms with Crippen molar-refractivity contribution in [2.24, 2.45) is 0 Å². The first-order valence-corrected chi connectivity index (χ1v) is 3.35. The highest BCUT2D eigenvalue weighted by molar-refractivity contribution is 5.30.